The first-order valence-electron chi connectivity index (χ1n) is 2.93. The molecule has 0 saturated heterocycles. The first-order valence-corrected chi connectivity index (χ1v) is 5.55. The third-order valence-corrected chi connectivity index (χ3v) is 3.07. The molecule has 0 aromatic heterocycles. The van der Waals surface area contributed by atoms with Crippen molar-refractivity contribution in [2.45, 2.75) is 4.90 Å². The molecule has 0 aliphatic rings. The zero-order valence-corrected chi connectivity index (χ0v) is 8.83. The van der Waals surface area contributed by atoms with Crippen LogP contribution in [0.1, 0.15) is 0 Å². The highest BCUT2D eigenvalue weighted by atomic mass is 127. The minimum atomic E-state index is -3.81. The minimum Gasteiger partial charge on any atom is -0.505 e. The van der Waals surface area contributed by atoms with Gasteiger partial charge in [-0.25, -0.2) is 13.6 Å². The van der Waals surface area contributed by atoms with Gasteiger partial charge in [-0.2, -0.15) is 0 Å². The van der Waals surface area contributed by atoms with Gasteiger partial charge in [-0.05, 0) is 34.7 Å². The lowest BCUT2D eigenvalue weighted by atomic mass is 10.3. The van der Waals surface area contributed by atoms with Crippen molar-refractivity contribution in [3.8, 4) is 5.75 Å². The summed E-state index contributed by atoms with van der Waals surface area (Å²) in [5.74, 6) is -0.291. The number of sulfonamides is 1. The Labute approximate surface area is 83.6 Å². The van der Waals surface area contributed by atoms with Gasteiger partial charge < -0.3 is 5.11 Å². The van der Waals surface area contributed by atoms with Gasteiger partial charge >= 0.3 is 0 Å². The summed E-state index contributed by atoms with van der Waals surface area (Å²) in [6.07, 6.45) is 0. The fourth-order valence-electron chi connectivity index (χ4n) is 0.725. The van der Waals surface area contributed by atoms with Crippen LogP contribution in [0.3, 0.4) is 0 Å². The van der Waals surface area contributed by atoms with Gasteiger partial charge in [0.25, 0.3) is 0 Å². The number of hydrogen-bond acceptors (Lipinski definition) is 3. The van der Waals surface area contributed by atoms with Crippen LogP contribution in [0.15, 0.2) is 23.1 Å². The van der Waals surface area contributed by atoms with Crippen LogP contribution in [0.4, 0.5) is 0 Å². The van der Waals surface area contributed by atoms with Crippen molar-refractivity contribution in [1.82, 2.24) is 0 Å². The van der Waals surface area contributed by atoms with Crippen LogP contribution in [-0.4, -0.2) is 13.5 Å². The van der Waals surface area contributed by atoms with Crippen LogP contribution >= 0.6 is 22.6 Å². The fraction of sp³-hybridized carbons (Fsp3) is 0. The van der Waals surface area contributed by atoms with E-state index in [0.29, 0.717) is 3.57 Å². The van der Waals surface area contributed by atoms with Crippen molar-refractivity contribution in [3.05, 3.63) is 21.8 Å². The number of hydrogen-bond donors (Lipinski definition) is 2. The van der Waals surface area contributed by atoms with Crippen molar-refractivity contribution in [3.63, 3.8) is 0 Å². The Bertz CT molecular complexity index is 401. The lowest BCUT2D eigenvalue weighted by Gasteiger charge is -2.02. The lowest BCUT2D eigenvalue weighted by molar-refractivity contribution is 0.455. The first kappa shape index (κ1) is 9.75. The SMILES string of the molecule is NS(=O)(=O)c1cccc(I)c1O. The van der Waals surface area contributed by atoms with Crippen LogP contribution in [0, 0.1) is 3.57 Å². The number of halogens is 1. The van der Waals surface area contributed by atoms with Crippen LogP contribution in [0.2, 0.25) is 0 Å². The number of aromatic hydroxyl groups is 1. The van der Waals surface area contributed by atoms with Crippen LogP contribution in [0.25, 0.3) is 0 Å². The Balaban J connectivity index is 3.47. The van der Waals surface area contributed by atoms with Gasteiger partial charge in [-0.3, -0.25) is 0 Å². The molecule has 4 nitrogen and oxygen atoms in total. The number of primary sulfonamides is 1. The molecule has 66 valence electrons. The largest absolute Gasteiger partial charge is 0.505 e. The molecule has 1 aromatic carbocycles. The Morgan fingerprint density at radius 3 is 2.42 bits per heavy atom. The van der Waals surface area contributed by atoms with E-state index in [1.54, 1.807) is 6.07 Å². The standard InChI is InChI=1S/C6H6INO3S/c7-4-2-1-3-5(6(4)9)12(8,10)11/h1-3,9H,(H2,8,10,11). The Morgan fingerprint density at radius 1 is 1.42 bits per heavy atom. The summed E-state index contributed by atoms with van der Waals surface area (Å²) >= 11 is 1.82. The molecule has 0 fully saturated rings. The zero-order chi connectivity index (χ0) is 9.35. The average molecular weight is 299 g/mol. The molecule has 0 atom stereocenters. The third-order valence-electron chi connectivity index (χ3n) is 1.26. The van der Waals surface area contributed by atoms with Gasteiger partial charge in [0, 0.05) is 0 Å². The summed E-state index contributed by atoms with van der Waals surface area (Å²) in [6.45, 7) is 0. The van der Waals surface area contributed by atoms with Crippen LogP contribution in [0.5, 0.6) is 5.75 Å². The summed E-state index contributed by atoms with van der Waals surface area (Å²) in [4.78, 5) is -0.241. The zero-order valence-electron chi connectivity index (χ0n) is 5.86. The van der Waals surface area contributed by atoms with E-state index in [-0.39, 0.29) is 10.6 Å². The Kier molecular flexibility index (Phi) is 2.59. The molecule has 12 heavy (non-hydrogen) atoms. The number of para-hydroxylation sites is 1. The quantitative estimate of drug-likeness (QED) is 0.747. The number of phenols is 1. The van der Waals surface area contributed by atoms with E-state index < -0.39 is 10.0 Å². The number of nitrogens with two attached hydrogens (primary N) is 1. The maximum Gasteiger partial charge on any atom is 0.241 e. The molecule has 0 aliphatic carbocycles. The third kappa shape index (κ3) is 1.87. The Hall–Kier alpha value is -0.340. The molecule has 1 rings (SSSR count). The van der Waals surface area contributed by atoms with E-state index >= 15 is 0 Å². The minimum absolute atomic E-state index is 0.241. The van der Waals surface area contributed by atoms with E-state index in [9.17, 15) is 13.5 Å². The van der Waals surface area contributed by atoms with Gasteiger partial charge in [-0.15, -0.1) is 0 Å². The maximum atomic E-state index is 10.8. The van der Waals surface area contributed by atoms with Gasteiger partial charge in [0.05, 0.1) is 3.57 Å². The van der Waals surface area contributed by atoms with E-state index in [4.69, 9.17) is 5.14 Å². The predicted molar refractivity (Wildman–Crippen MR) is 52.2 cm³/mol. The molecule has 0 saturated carbocycles. The molecule has 0 heterocycles. The smallest absolute Gasteiger partial charge is 0.241 e. The second kappa shape index (κ2) is 3.19. The van der Waals surface area contributed by atoms with E-state index in [1.165, 1.54) is 12.1 Å². The summed E-state index contributed by atoms with van der Waals surface area (Å²) in [7, 11) is -3.81. The molecule has 3 N–H and O–H groups in total. The highest BCUT2D eigenvalue weighted by Gasteiger charge is 2.14. The molecule has 0 spiro atoms. The summed E-state index contributed by atoms with van der Waals surface area (Å²) in [5, 5.41) is 14.1. The summed E-state index contributed by atoms with van der Waals surface area (Å²) in [5.41, 5.74) is 0. The number of phenolic OH excluding ortho intramolecular Hbond substituents is 1. The van der Waals surface area contributed by atoms with Crippen molar-refractivity contribution in [2.24, 2.45) is 5.14 Å². The normalized spacial score (nSPS) is 11.5. The van der Waals surface area contributed by atoms with Gasteiger partial charge in [-0.1, -0.05) is 6.07 Å². The summed E-state index contributed by atoms with van der Waals surface area (Å²) in [6, 6.07) is 4.36. The lowest BCUT2D eigenvalue weighted by Crippen LogP contribution is -2.12. The molecule has 1 aromatic rings. The maximum absolute atomic E-state index is 10.8. The average Bonchev–Trinajstić information content (AvgIpc) is 1.92. The first-order chi connectivity index (χ1) is 5.43. The molecule has 0 amide bonds. The fourth-order valence-corrected chi connectivity index (χ4v) is 2.05. The second-order valence-corrected chi connectivity index (χ2v) is 4.82. The second-order valence-electron chi connectivity index (χ2n) is 2.13. The van der Waals surface area contributed by atoms with Crippen LogP contribution < -0.4 is 5.14 Å². The number of benzene rings is 1. The highest BCUT2D eigenvalue weighted by molar-refractivity contribution is 14.1. The number of rotatable bonds is 1. The van der Waals surface area contributed by atoms with Crippen molar-refractivity contribution < 1.29 is 13.5 Å². The van der Waals surface area contributed by atoms with Gasteiger partial charge in [0.2, 0.25) is 10.0 Å². The monoisotopic (exact) mass is 299 g/mol. The van der Waals surface area contributed by atoms with Gasteiger partial charge in [0.1, 0.15) is 10.6 Å². The van der Waals surface area contributed by atoms with Gasteiger partial charge in [0.15, 0.2) is 0 Å². The molecule has 6 heteroatoms. The van der Waals surface area contributed by atoms with Crippen molar-refractivity contribution in [1.29, 1.82) is 0 Å². The topological polar surface area (TPSA) is 80.4 Å². The summed E-state index contributed by atoms with van der Waals surface area (Å²) < 4.78 is 22.1. The predicted octanol–water partition coefficient (Wildman–Crippen LogP) is 0.644. The Morgan fingerprint density at radius 2 is 2.00 bits per heavy atom. The molecule has 0 bridgehead atoms. The molecule has 0 unspecified atom stereocenters. The van der Waals surface area contributed by atoms with Crippen molar-refractivity contribution in [2.75, 3.05) is 0 Å². The van der Waals surface area contributed by atoms with Crippen molar-refractivity contribution >= 4 is 32.6 Å². The molecule has 0 radical (unpaired) electrons. The van der Waals surface area contributed by atoms with Crippen LogP contribution in [-0.2, 0) is 10.0 Å². The van der Waals surface area contributed by atoms with E-state index in [0.717, 1.165) is 0 Å². The molecule has 0 aliphatic heterocycles. The van der Waals surface area contributed by atoms with E-state index in [1.807, 2.05) is 22.6 Å². The highest BCUT2D eigenvalue weighted by Crippen LogP contribution is 2.26. The molecular formula is C6H6INO3S. The molecular weight excluding hydrogens is 293 g/mol. The van der Waals surface area contributed by atoms with E-state index in [2.05, 4.69) is 0 Å².